The first-order chi connectivity index (χ1) is 8.10. The minimum absolute atomic E-state index is 0.470. The average molecular weight is 256 g/mol. The molecule has 1 aromatic carbocycles. The van der Waals surface area contributed by atoms with E-state index >= 15 is 0 Å². The van der Waals surface area contributed by atoms with Crippen LogP contribution in [0.1, 0.15) is 36.5 Å². The lowest BCUT2D eigenvalue weighted by Crippen LogP contribution is -2.16. The van der Waals surface area contributed by atoms with Crippen molar-refractivity contribution in [3.05, 3.63) is 28.8 Å². The van der Waals surface area contributed by atoms with Crippen molar-refractivity contribution in [2.24, 2.45) is 0 Å². The highest BCUT2D eigenvalue weighted by atomic mass is 35.5. The molecule has 0 spiro atoms. The molecule has 0 unspecified atom stereocenters. The number of rotatable bonds is 6. The Morgan fingerprint density at radius 2 is 2.06 bits per heavy atom. The highest BCUT2D eigenvalue weighted by molar-refractivity contribution is 6.18. The monoisotopic (exact) mass is 255 g/mol. The second kappa shape index (κ2) is 6.87. The normalized spacial score (nSPS) is 10.9. The van der Waals surface area contributed by atoms with Gasteiger partial charge < -0.3 is 10.1 Å². The SMILES string of the molecule is COc1cc(C)c(CNCCCl)cc1C(C)C. The van der Waals surface area contributed by atoms with Gasteiger partial charge in [-0.25, -0.2) is 0 Å². The van der Waals surface area contributed by atoms with Crippen molar-refractivity contribution in [1.29, 1.82) is 0 Å². The number of benzene rings is 1. The number of methoxy groups -OCH3 is 1. The second-order valence-corrected chi connectivity index (χ2v) is 4.92. The molecule has 0 amide bonds. The fraction of sp³-hybridized carbons (Fsp3) is 0.571. The summed E-state index contributed by atoms with van der Waals surface area (Å²) in [4.78, 5) is 0. The summed E-state index contributed by atoms with van der Waals surface area (Å²) in [5, 5.41) is 3.32. The van der Waals surface area contributed by atoms with Gasteiger partial charge >= 0.3 is 0 Å². The van der Waals surface area contributed by atoms with Gasteiger partial charge in [0.25, 0.3) is 0 Å². The fourth-order valence-corrected chi connectivity index (χ4v) is 1.99. The van der Waals surface area contributed by atoms with E-state index in [4.69, 9.17) is 16.3 Å². The lowest BCUT2D eigenvalue weighted by atomic mass is 9.96. The van der Waals surface area contributed by atoms with Crippen molar-refractivity contribution in [3.63, 3.8) is 0 Å². The van der Waals surface area contributed by atoms with Crippen LogP contribution in [-0.4, -0.2) is 19.5 Å². The molecule has 0 aliphatic heterocycles. The van der Waals surface area contributed by atoms with Crippen LogP contribution >= 0.6 is 11.6 Å². The molecule has 3 heteroatoms. The van der Waals surface area contributed by atoms with E-state index in [9.17, 15) is 0 Å². The maximum Gasteiger partial charge on any atom is 0.122 e. The van der Waals surface area contributed by atoms with Gasteiger partial charge in [0.05, 0.1) is 7.11 Å². The van der Waals surface area contributed by atoms with E-state index in [2.05, 4.69) is 38.2 Å². The van der Waals surface area contributed by atoms with Crippen molar-refractivity contribution in [2.75, 3.05) is 19.5 Å². The predicted molar refractivity (Wildman–Crippen MR) is 74.2 cm³/mol. The highest BCUT2D eigenvalue weighted by Crippen LogP contribution is 2.29. The third-order valence-corrected chi connectivity index (χ3v) is 3.09. The Hall–Kier alpha value is -0.730. The van der Waals surface area contributed by atoms with Crippen molar-refractivity contribution >= 4 is 11.6 Å². The Bertz CT molecular complexity index is 363. The summed E-state index contributed by atoms with van der Waals surface area (Å²) in [6, 6.07) is 4.35. The molecular formula is C14H22ClNO. The van der Waals surface area contributed by atoms with Gasteiger partial charge in [-0.3, -0.25) is 0 Å². The fourth-order valence-electron chi connectivity index (χ4n) is 1.85. The van der Waals surface area contributed by atoms with Gasteiger partial charge in [-0.1, -0.05) is 19.9 Å². The number of halogens is 1. The minimum atomic E-state index is 0.470. The molecule has 17 heavy (non-hydrogen) atoms. The van der Waals surface area contributed by atoms with Crippen LogP contribution in [0.4, 0.5) is 0 Å². The molecule has 0 saturated heterocycles. The number of alkyl halides is 1. The number of hydrogen-bond donors (Lipinski definition) is 1. The summed E-state index contributed by atoms with van der Waals surface area (Å²) in [6.07, 6.45) is 0. The molecule has 2 nitrogen and oxygen atoms in total. The van der Waals surface area contributed by atoms with E-state index in [1.54, 1.807) is 7.11 Å². The van der Waals surface area contributed by atoms with E-state index in [0.29, 0.717) is 11.8 Å². The third kappa shape index (κ3) is 3.90. The zero-order chi connectivity index (χ0) is 12.8. The van der Waals surface area contributed by atoms with Crippen molar-refractivity contribution in [2.45, 2.75) is 33.2 Å². The molecule has 1 aromatic rings. The Kier molecular flexibility index (Phi) is 5.79. The van der Waals surface area contributed by atoms with Crippen molar-refractivity contribution < 1.29 is 4.74 Å². The number of nitrogens with one attached hydrogen (secondary N) is 1. The van der Waals surface area contributed by atoms with Gasteiger partial charge in [0.15, 0.2) is 0 Å². The topological polar surface area (TPSA) is 21.3 Å². The van der Waals surface area contributed by atoms with Gasteiger partial charge in [0, 0.05) is 19.0 Å². The molecular weight excluding hydrogens is 234 g/mol. The molecule has 1 rings (SSSR count). The lowest BCUT2D eigenvalue weighted by molar-refractivity contribution is 0.407. The van der Waals surface area contributed by atoms with Gasteiger partial charge in [0.2, 0.25) is 0 Å². The summed E-state index contributed by atoms with van der Waals surface area (Å²) in [6.45, 7) is 8.18. The molecule has 0 aliphatic rings. The molecule has 1 N–H and O–H groups in total. The zero-order valence-corrected chi connectivity index (χ0v) is 11.9. The molecule has 0 saturated carbocycles. The summed E-state index contributed by atoms with van der Waals surface area (Å²) in [5.41, 5.74) is 3.84. The summed E-state index contributed by atoms with van der Waals surface area (Å²) in [5.74, 6) is 2.10. The molecule has 0 fully saturated rings. The quantitative estimate of drug-likeness (QED) is 0.621. The van der Waals surface area contributed by atoms with Crippen LogP contribution in [0.5, 0.6) is 5.75 Å². The maximum atomic E-state index is 5.65. The van der Waals surface area contributed by atoms with Crippen LogP contribution in [0.25, 0.3) is 0 Å². The van der Waals surface area contributed by atoms with E-state index in [1.165, 1.54) is 16.7 Å². The molecule has 0 aromatic heterocycles. The van der Waals surface area contributed by atoms with E-state index in [0.717, 1.165) is 18.8 Å². The Morgan fingerprint density at radius 1 is 1.35 bits per heavy atom. The first-order valence-corrected chi connectivity index (χ1v) is 6.57. The van der Waals surface area contributed by atoms with Crippen LogP contribution in [0.15, 0.2) is 12.1 Å². The molecule has 0 aliphatic carbocycles. The summed E-state index contributed by atoms with van der Waals surface area (Å²) in [7, 11) is 1.73. The van der Waals surface area contributed by atoms with Gasteiger partial charge in [-0.05, 0) is 35.6 Å². The van der Waals surface area contributed by atoms with E-state index in [-0.39, 0.29) is 0 Å². The predicted octanol–water partition coefficient (Wildman–Crippen LogP) is 3.46. The Morgan fingerprint density at radius 3 is 2.59 bits per heavy atom. The van der Waals surface area contributed by atoms with Crippen LogP contribution in [0, 0.1) is 6.92 Å². The summed E-state index contributed by atoms with van der Waals surface area (Å²) >= 11 is 5.65. The maximum absolute atomic E-state index is 5.65. The van der Waals surface area contributed by atoms with E-state index < -0.39 is 0 Å². The molecule has 0 bridgehead atoms. The van der Waals surface area contributed by atoms with Crippen LogP contribution in [0.2, 0.25) is 0 Å². The highest BCUT2D eigenvalue weighted by Gasteiger charge is 2.10. The first-order valence-electron chi connectivity index (χ1n) is 6.04. The first kappa shape index (κ1) is 14.3. The Labute approximate surface area is 109 Å². The zero-order valence-electron chi connectivity index (χ0n) is 11.1. The smallest absolute Gasteiger partial charge is 0.122 e. The minimum Gasteiger partial charge on any atom is -0.496 e. The van der Waals surface area contributed by atoms with Crippen molar-refractivity contribution in [1.82, 2.24) is 5.32 Å². The van der Waals surface area contributed by atoms with Gasteiger partial charge in [-0.15, -0.1) is 11.6 Å². The number of aryl methyl sites for hydroxylation is 1. The largest absolute Gasteiger partial charge is 0.496 e. The molecule has 0 radical (unpaired) electrons. The average Bonchev–Trinajstić information content (AvgIpc) is 2.30. The van der Waals surface area contributed by atoms with Crippen LogP contribution < -0.4 is 10.1 Å². The molecule has 0 atom stereocenters. The lowest BCUT2D eigenvalue weighted by Gasteiger charge is -2.16. The second-order valence-electron chi connectivity index (χ2n) is 4.54. The van der Waals surface area contributed by atoms with Gasteiger partial charge in [-0.2, -0.15) is 0 Å². The molecule has 0 heterocycles. The molecule has 96 valence electrons. The van der Waals surface area contributed by atoms with E-state index in [1.807, 2.05) is 0 Å². The Balaban J connectivity index is 2.94. The standard InChI is InChI=1S/C14H22ClNO/c1-10(2)13-8-12(9-16-6-5-15)11(3)7-14(13)17-4/h7-8,10,16H,5-6,9H2,1-4H3. The third-order valence-electron chi connectivity index (χ3n) is 2.90. The summed E-state index contributed by atoms with van der Waals surface area (Å²) < 4.78 is 5.43. The van der Waals surface area contributed by atoms with Gasteiger partial charge in [0.1, 0.15) is 5.75 Å². The van der Waals surface area contributed by atoms with Crippen molar-refractivity contribution in [3.8, 4) is 5.75 Å². The van der Waals surface area contributed by atoms with Crippen LogP contribution in [-0.2, 0) is 6.54 Å². The number of ether oxygens (including phenoxy) is 1. The number of hydrogen-bond acceptors (Lipinski definition) is 2. The van der Waals surface area contributed by atoms with Crippen LogP contribution in [0.3, 0.4) is 0 Å².